The summed E-state index contributed by atoms with van der Waals surface area (Å²) in [6.45, 7) is 7.02. The Bertz CT molecular complexity index is 729. The maximum atomic E-state index is 12.0. The zero-order valence-corrected chi connectivity index (χ0v) is 14.7. The fourth-order valence-electron chi connectivity index (χ4n) is 2.20. The summed E-state index contributed by atoms with van der Waals surface area (Å²) in [5, 5.41) is 5.28. The van der Waals surface area contributed by atoms with Crippen LogP contribution in [0.2, 0.25) is 0 Å². The van der Waals surface area contributed by atoms with Crippen molar-refractivity contribution in [2.45, 2.75) is 46.3 Å². The van der Waals surface area contributed by atoms with Crippen molar-refractivity contribution in [1.29, 1.82) is 0 Å². The molecule has 0 spiro atoms. The summed E-state index contributed by atoms with van der Waals surface area (Å²) in [5.41, 5.74) is 0.948. The molecule has 0 radical (unpaired) electrons. The van der Waals surface area contributed by atoms with Crippen LogP contribution >= 0.6 is 15.9 Å². The van der Waals surface area contributed by atoms with Crippen molar-refractivity contribution in [2.75, 3.05) is 0 Å². The normalized spacial score (nSPS) is 11.7. The maximum absolute atomic E-state index is 12.0. The molecule has 0 saturated carbocycles. The monoisotopic (exact) mass is 366 g/mol. The fourth-order valence-corrected chi connectivity index (χ4v) is 2.56. The molecule has 2 rings (SSSR count). The van der Waals surface area contributed by atoms with Crippen molar-refractivity contribution in [3.05, 3.63) is 28.4 Å². The molecular weight excluding hydrogens is 348 g/mol. The Labute approximate surface area is 137 Å². The Balaban J connectivity index is 2.37. The maximum Gasteiger partial charge on any atom is 0.328 e. The van der Waals surface area contributed by atoms with Crippen LogP contribution in [0.3, 0.4) is 0 Å². The molecule has 0 aliphatic heterocycles. The van der Waals surface area contributed by atoms with E-state index in [0.29, 0.717) is 5.69 Å². The highest BCUT2D eigenvalue weighted by atomic mass is 79.9. The van der Waals surface area contributed by atoms with Gasteiger partial charge in [-0.3, -0.25) is 14.3 Å². The number of hydrogen-bond donors (Lipinski definition) is 0. The van der Waals surface area contributed by atoms with E-state index in [2.05, 4.69) is 21.0 Å². The average Bonchev–Trinajstić information content (AvgIpc) is 2.63. The SMILES string of the molecule is CC(=O)Cc1nn(CC(=O)OC(C)(C)C)c2ccc(Br)cc12. The number of nitrogens with zero attached hydrogens (tertiary/aromatic N) is 2. The summed E-state index contributed by atoms with van der Waals surface area (Å²) in [4.78, 5) is 23.4. The quantitative estimate of drug-likeness (QED) is 0.779. The molecule has 0 aliphatic carbocycles. The summed E-state index contributed by atoms with van der Waals surface area (Å²) in [5.74, 6) is -0.321. The van der Waals surface area contributed by atoms with Crippen molar-refractivity contribution in [2.24, 2.45) is 0 Å². The summed E-state index contributed by atoms with van der Waals surface area (Å²) in [7, 11) is 0. The van der Waals surface area contributed by atoms with E-state index in [0.717, 1.165) is 15.4 Å². The van der Waals surface area contributed by atoms with Crippen molar-refractivity contribution in [3.63, 3.8) is 0 Å². The molecular formula is C16H19BrN2O3. The third-order valence-electron chi connectivity index (χ3n) is 2.90. The van der Waals surface area contributed by atoms with E-state index in [1.807, 2.05) is 39.0 Å². The van der Waals surface area contributed by atoms with Crippen LogP contribution in [0.25, 0.3) is 10.9 Å². The second-order valence-corrected chi connectivity index (χ2v) is 7.15. The molecule has 0 saturated heterocycles. The van der Waals surface area contributed by atoms with Gasteiger partial charge in [-0.2, -0.15) is 5.10 Å². The third-order valence-corrected chi connectivity index (χ3v) is 3.40. The zero-order chi connectivity index (χ0) is 16.5. The largest absolute Gasteiger partial charge is 0.459 e. The molecule has 22 heavy (non-hydrogen) atoms. The summed E-state index contributed by atoms with van der Waals surface area (Å²) in [6, 6.07) is 5.67. The number of halogens is 1. The average molecular weight is 367 g/mol. The zero-order valence-electron chi connectivity index (χ0n) is 13.1. The van der Waals surface area contributed by atoms with Gasteiger partial charge in [-0.25, -0.2) is 0 Å². The van der Waals surface area contributed by atoms with Crippen molar-refractivity contribution < 1.29 is 14.3 Å². The lowest BCUT2D eigenvalue weighted by Crippen LogP contribution is -2.26. The lowest BCUT2D eigenvalue weighted by Gasteiger charge is -2.19. The fraction of sp³-hybridized carbons (Fsp3) is 0.438. The number of carbonyl (C=O) groups excluding carboxylic acids is 2. The van der Waals surface area contributed by atoms with Gasteiger partial charge in [0, 0.05) is 9.86 Å². The minimum Gasteiger partial charge on any atom is -0.459 e. The number of hydrogen-bond acceptors (Lipinski definition) is 4. The highest BCUT2D eigenvalue weighted by Gasteiger charge is 2.19. The van der Waals surface area contributed by atoms with Gasteiger partial charge in [0.1, 0.15) is 17.9 Å². The van der Waals surface area contributed by atoms with Gasteiger partial charge in [0.25, 0.3) is 0 Å². The Morgan fingerprint density at radius 2 is 2.00 bits per heavy atom. The second-order valence-electron chi connectivity index (χ2n) is 6.23. The number of esters is 1. The number of fused-ring (bicyclic) bond motifs is 1. The standard InChI is InChI=1S/C16H19BrN2O3/c1-10(20)7-13-12-8-11(17)5-6-14(12)19(18-13)9-15(21)22-16(2,3)4/h5-6,8H,7,9H2,1-4H3. The number of carbonyl (C=O) groups is 2. The van der Waals surface area contributed by atoms with E-state index < -0.39 is 5.60 Å². The Kier molecular flexibility index (Phi) is 4.70. The van der Waals surface area contributed by atoms with Crippen LogP contribution < -0.4 is 0 Å². The topological polar surface area (TPSA) is 61.2 Å². The lowest BCUT2D eigenvalue weighted by molar-refractivity contribution is -0.155. The summed E-state index contributed by atoms with van der Waals surface area (Å²) < 4.78 is 7.82. The first-order chi connectivity index (χ1) is 10.2. The minimum absolute atomic E-state index is 0.0211. The molecule has 0 amide bonds. The second kappa shape index (κ2) is 6.20. The first-order valence-electron chi connectivity index (χ1n) is 7.02. The summed E-state index contributed by atoms with van der Waals surface area (Å²) >= 11 is 3.42. The van der Waals surface area contributed by atoms with Crippen LogP contribution in [0.4, 0.5) is 0 Å². The van der Waals surface area contributed by atoms with Crippen LogP contribution in [-0.4, -0.2) is 27.1 Å². The van der Waals surface area contributed by atoms with Gasteiger partial charge < -0.3 is 4.74 Å². The van der Waals surface area contributed by atoms with E-state index in [1.165, 1.54) is 6.92 Å². The van der Waals surface area contributed by atoms with Crippen LogP contribution in [0.15, 0.2) is 22.7 Å². The van der Waals surface area contributed by atoms with E-state index in [9.17, 15) is 9.59 Å². The molecule has 1 aromatic heterocycles. The number of benzene rings is 1. The number of ketones is 1. The molecule has 2 aromatic rings. The first kappa shape index (κ1) is 16.7. The number of aromatic nitrogens is 2. The molecule has 0 fully saturated rings. The van der Waals surface area contributed by atoms with Gasteiger partial charge in [-0.15, -0.1) is 0 Å². The van der Waals surface area contributed by atoms with E-state index >= 15 is 0 Å². The molecule has 0 unspecified atom stereocenters. The van der Waals surface area contributed by atoms with E-state index in [-0.39, 0.29) is 24.7 Å². The first-order valence-corrected chi connectivity index (χ1v) is 7.81. The molecule has 118 valence electrons. The van der Waals surface area contributed by atoms with Gasteiger partial charge in [0.05, 0.1) is 17.6 Å². The highest BCUT2D eigenvalue weighted by molar-refractivity contribution is 9.10. The third kappa shape index (κ3) is 4.16. The molecule has 0 bridgehead atoms. The predicted molar refractivity (Wildman–Crippen MR) is 87.7 cm³/mol. The van der Waals surface area contributed by atoms with Crippen LogP contribution in [-0.2, 0) is 27.3 Å². The molecule has 1 aromatic carbocycles. The van der Waals surface area contributed by atoms with Gasteiger partial charge >= 0.3 is 5.97 Å². The predicted octanol–water partition coefficient (Wildman–Crippen LogP) is 3.27. The summed E-state index contributed by atoms with van der Waals surface area (Å²) in [6.07, 6.45) is 0.244. The molecule has 1 heterocycles. The number of rotatable bonds is 4. The molecule has 6 heteroatoms. The lowest BCUT2D eigenvalue weighted by atomic mass is 10.1. The van der Waals surface area contributed by atoms with Crippen LogP contribution in [0, 0.1) is 0 Å². The Morgan fingerprint density at radius 3 is 2.59 bits per heavy atom. The molecule has 0 aliphatic rings. The van der Waals surface area contributed by atoms with Gasteiger partial charge in [0.2, 0.25) is 0 Å². The number of ether oxygens (including phenoxy) is 1. The van der Waals surface area contributed by atoms with E-state index in [4.69, 9.17) is 4.74 Å². The molecule has 5 nitrogen and oxygen atoms in total. The number of Topliss-reactive ketones (excluding diaryl/α,β-unsaturated/α-hetero) is 1. The molecule has 0 atom stereocenters. The van der Waals surface area contributed by atoms with Crippen LogP contribution in [0.5, 0.6) is 0 Å². The molecule has 0 N–H and O–H groups in total. The van der Waals surface area contributed by atoms with E-state index in [1.54, 1.807) is 4.68 Å². The van der Waals surface area contributed by atoms with Crippen molar-refractivity contribution in [1.82, 2.24) is 9.78 Å². The van der Waals surface area contributed by atoms with Crippen LogP contribution in [0.1, 0.15) is 33.4 Å². The van der Waals surface area contributed by atoms with Crippen molar-refractivity contribution in [3.8, 4) is 0 Å². The highest BCUT2D eigenvalue weighted by Crippen LogP contribution is 2.24. The Morgan fingerprint density at radius 1 is 1.32 bits per heavy atom. The van der Waals surface area contributed by atoms with Gasteiger partial charge in [-0.05, 0) is 45.9 Å². The van der Waals surface area contributed by atoms with Gasteiger partial charge in [-0.1, -0.05) is 15.9 Å². The smallest absolute Gasteiger partial charge is 0.328 e. The van der Waals surface area contributed by atoms with Gasteiger partial charge in [0.15, 0.2) is 0 Å². The van der Waals surface area contributed by atoms with Crippen molar-refractivity contribution >= 4 is 38.6 Å². The minimum atomic E-state index is -0.536. The Hall–Kier alpha value is -1.69.